The van der Waals surface area contributed by atoms with Gasteiger partial charge in [-0.3, -0.25) is 0 Å². The number of anilines is 9. The van der Waals surface area contributed by atoms with Gasteiger partial charge < -0.3 is 14.7 Å². The molecular formula is C76H86BN3. The predicted octanol–water partition coefficient (Wildman–Crippen LogP) is 19.4. The van der Waals surface area contributed by atoms with Gasteiger partial charge in [0.25, 0.3) is 6.71 Å². The van der Waals surface area contributed by atoms with Crippen LogP contribution in [-0.2, 0) is 37.9 Å². The van der Waals surface area contributed by atoms with Gasteiger partial charge in [0.05, 0.1) is 5.69 Å². The molecule has 3 nitrogen and oxygen atoms in total. The fraction of sp³-hybridized carbons (Fsp3) is 0.368. The molecule has 0 atom stereocenters. The average Bonchev–Trinajstić information content (AvgIpc) is 3.21. The van der Waals surface area contributed by atoms with Gasteiger partial charge in [-0.25, -0.2) is 0 Å². The summed E-state index contributed by atoms with van der Waals surface area (Å²) in [5.74, 6) is 0. The van der Waals surface area contributed by atoms with Gasteiger partial charge in [0.1, 0.15) is 0 Å². The molecule has 8 aromatic carbocycles. The lowest BCUT2D eigenvalue weighted by Crippen LogP contribution is -2.61. The molecule has 0 aromatic heterocycles. The van der Waals surface area contributed by atoms with Crippen LogP contribution in [0, 0.1) is 6.92 Å². The molecule has 0 fully saturated rings. The normalized spacial score (nSPS) is 17.3. The van der Waals surface area contributed by atoms with Gasteiger partial charge >= 0.3 is 0 Å². The van der Waals surface area contributed by atoms with Crippen LogP contribution in [0.15, 0.2) is 158 Å². The quantitative estimate of drug-likeness (QED) is 0.154. The summed E-state index contributed by atoms with van der Waals surface area (Å²) >= 11 is 0. The van der Waals surface area contributed by atoms with Crippen molar-refractivity contribution in [3.05, 3.63) is 202 Å². The molecular weight excluding hydrogens is 966 g/mol. The maximum atomic E-state index is 2.68. The van der Waals surface area contributed by atoms with E-state index in [1.165, 1.54) is 118 Å². The maximum absolute atomic E-state index is 2.68. The summed E-state index contributed by atoms with van der Waals surface area (Å²) in [4.78, 5) is 7.86. The minimum Gasteiger partial charge on any atom is -0.311 e. The van der Waals surface area contributed by atoms with Gasteiger partial charge in [-0.05, 0) is 209 Å². The first-order valence-electron chi connectivity index (χ1n) is 29.9. The van der Waals surface area contributed by atoms with Crippen LogP contribution < -0.4 is 31.1 Å². The van der Waals surface area contributed by atoms with Gasteiger partial charge in [-0.2, -0.15) is 0 Å². The van der Waals surface area contributed by atoms with E-state index in [9.17, 15) is 0 Å². The van der Waals surface area contributed by atoms with Crippen LogP contribution in [0.1, 0.15) is 181 Å². The number of hydrogen-bond donors (Lipinski definition) is 0. The molecule has 4 heteroatoms. The third kappa shape index (κ3) is 8.85. The summed E-state index contributed by atoms with van der Waals surface area (Å²) < 4.78 is 0. The molecule has 0 unspecified atom stereocenters. The zero-order chi connectivity index (χ0) is 57.0. The first-order valence-corrected chi connectivity index (χ1v) is 29.9. The minimum absolute atomic E-state index is 0.000715. The monoisotopic (exact) mass is 1050 g/mol. The van der Waals surface area contributed by atoms with Crippen LogP contribution in [0.25, 0.3) is 11.1 Å². The third-order valence-electron chi connectivity index (χ3n) is 19.2. The second kappa shape index (κ2) is 18.1. The Kier molecular flexibility index (Phi) is 12.2. The van der Waals surface area contributed by atoms with Crippen molar-refractivity contribution in [1.82, 2.24) is 0 Å². The molecule has 80 heavy (non-hydrogen) atoms. The molecule has 408 valence electrons. The number of hydrogen-bond acceptors (Lipinski definition) is 3. The van der Waals surface area contributed by atoms with Crippen molar-refractivity contribution in [2.45, 2.75) is 182 Å². The smallest absolute Gasteiger partial charge is 0.252 e. The maximum Gasteiger partial charge on any atom is 0.252 e. The molecule has 0 N–H and O–H groups in total. The standard InChI is InChI=1S/C76H86BN3/c1-48-39-67-69-68(40-48)80(64-36-29-52(72(8,9)10)42-57(64)49-23-20-19-21-24-49)66-46-61-60(75(15,16)47-76(61,17)18)45-63(66)77(69)62-35-33-56(44-65(62)79(67)53-30-27-50(28-31-53)70(2,3)4)78(54-26-22-25-51(41-54)71(5,6)7)55-32-34-58-59(43-55)74(13,14)38-37-73(58,11)12/h19-36,39-46H,37-38,47H2,1-18H3. The third-order valence-corrected chi connectivity index (χ3v) is 19.2. The summed E-state index contributed by atoms with van der Waals surface area (Å²) in [6.07, 6.45) is 3.44. The predicted molar refractivity (Wildman–Crippen MR) is 347 cm³/mol. The Balaban J connectivity index is 1.17. The molecule has 0 saturated carbocycles. The summed E-state index contributed by atoms with van der Waals surface area (Å²) in [6.45, 7) is 42.9. The van der Waals surface area contributed by atoms with Gasteiger partial charge in [0.2, 0.25) is 0 Å². The Morgan fingerprint density at radius 3 is 1.59 bits per heavy atom. The van der Waals surface area contributed by atoms with E-state index in [0.29, 0.717) is 0 Å². The summed E-state index contributed by atoms with van der Waals surface area (Å²) in [6, 6.07) is 62.4. The fourth-order valence-corrected chi connectivity index (χ4v) is 14.7. The first-order chi connectivity index (χ1) is 37.4. The van der Waals surface area contributed by atoms with E-state index in [4.69, 9.17) is 0 Å². The Hall–Kier alpha value is -6.78. The summed E-state index contributed by atoms with van der Waals surface area (Å²) in [5, 5.41) is 0. The van der Waals surface area contributed by atoms with Crippen molar-refractivity contribution in [1.29, 1.82) is 0 Å². The van der Waals surface area contributed by atoms with E-state index in [0.717, 1.165) is 24.2 Å². The zero-order valence-corrected chi connectivity index (χ0v) is 51.6. The van der Waals surface area contributed by atoms with Crippen molar-refractivity contribution in [2.75, 3.05) is 14.7 Å². The highest BCUT2D eigenvalue weighted by Gasteiger charge is 2.49. The van der Waals surface area contributed by atoms with E-state index in [-0.39, 0.29) is 44.6 Å². The van der Waals surface area contributed by atoms with Crippen LogP contribution in [0.5, 0.6) is 0 Å². The molecule has 0 amide bonds. The molecule has 2 aliphatic carbocycles. The number of nitrogens with zero attached hydrogens (tertiary/aromatic N) is 3. The van der Waals surface area contributed by atoms with Crippen molar-refractivity contribution in [3.8, 4) is 11.1 Å². The van der Waals surface area contributed by atoms with Crippen LogP contribution in [0.2, 0.25) is 0 Å². The van der Waals surface area contributed by atoms with Crippen LogP contribution >= 0.6 is 0 Å². The van der Waals surface area contributed by atoms with E-state index >= 15 is 0 Å². The molecule has 12 rings (SSSR count). The molecule has 8 aromatic rings. The van der Waals surface area contributed by atoms with Crippen molar-refractivity contribution >= 4 is 74.3 Å². The van der Waals surface area contributed by atoms with E-state index < -0.39 is 0 Å². The molecule has 2 heterocycles. The first kappa shape index (κ1) is 53.8. The zero-order valence-electron chi connectivity index (χ0n) is 51.6. The van der Waals surface area contributed by atoms with Crippen molar-refractivity contribution in [3.63, 3.8) is 0 Å². The van der Waals surface area contributed by atoms with Crippen molar-refractivity contribution < 1.29 is 0 Å². The lowest BCUT2D eigenvalue weighted by atomic mass is 9.33. The van der Waals surface area contributed by atoms with E-state index in [1.54, 1.807) is 0 Å². The highest BCUT2D eigenvalue weighted by Crippen LogP contribution is 2.55. The highest BCUT2D eigenvalue weighted by molar-refractivity contribution is 7.00. The number of fused-ring (bicyclic) bond motifs is 6. The highest BCUT2D eigenvalue weighted by atomic mass is 15.2. The van der Waals surface area contributed by atoms with E-state index in [2.05, 4.69) is 297 Å². The van der Waals surface area contributed by atoms with Crippen LogP contribution in [0.4, 0.5) is 51.2 Å². The number of aryl methyl sites for hydroxylation is 1. The topological polar surface area (TPSA) is 9.72 Å². The summed E-state index contributed by atoms with van der Waals surface area (Å²) in [5.41, 5.74) is 28.6. The van der Waals surface area contributed by atoms with Crippen molar-refractivity contribution in [2.24, 2.45) is 0 Å². The average molecular weight is 1050 g/mol. The van der Waals surface area contributed by atoms with E-state index in [1.807, 2.05) is 0 Å². The summed E-state index contributed by atoms with van der Waals surface area (Å²) in [7, 11) is 0. The molecule has 0 bridgehead atoms. The van der Waals surface area contributed by atoms with Gasteiger partial charge in [0, 0.05) is 51.1 Å². The van der Waals surface area contributed by atoms with Crippen LogP contribution in [0.3, 0.4) is 0 Å². The lowest BCUT2D eigenvalue weighted by Gasteiger charge is -2.45. The van der Waals surface area contributed by atoms with Crippen LogP contribution in [-0.4, -0.2) is 6.71 Å². The fourth-order valence-electron chi connectivity index (χ4n) is 14.7. The second-order valence-electron chi connectivity index (χ2n) is 30.2. The number of benzene rings is 8. The molecule has 2 aliphatic heterocycles. The molecule has 0 spiro atoms. The Labute approximate surface area is 481 Å². The Morgan fingerprint density at radius 1 is 0.400 bits per heavy atom. The van der Waals surface area contributed by atoms with Gasteiger partial charge in [0.15, 0.2) is 0 Å². The Morgan fingerprint density at radius 2 is 0.938 bits per heavy atom. The molecule has 4 aliphatic rings. The SMILES string of the molecule is Cc1cc2c3c(c1)N(c1ccc(C(C)(C)C)cc1-c1ccccc1)c1cc4c(cc1B3c1ccc(N(c3cccc(C(C)(C)C)c3)c3ccc5c(c3)C(C)(C)CCC5(C)C)cc1N2c1ccc(C(C)(C)C)cc1)C(C)(C)CC4(C)C. The number of rotatable bonds is 6. The second-order valence-corrected chi connectivity index (χ2v) is 30.2. The lowest BCUT2D eigenvalue weighted by molar-refractivity contribution is 0.332. The molecule has 0 radical (unpaired) electrons. The largest absolute Gasteiger partial charge is 0.311 e. The molecule has 0 saturated heterocycles. The minimum atomic E-state index is -0.0377. The Bertz CT molecular complexity index is 3770. The van der Waals surface area contributed by atoms with Gasteiger partial charge in [-0.15, -0.1) is 0 Å². The van der Waals surface area contributed by atoms with Gasteiger partial charge in [-0.1, -0.05) is 197 Å².